The first-order chi connectivity index (χ1) is 8.54. The number of carbonyl (C=O) groups excluding carboxylic acids is 1. The zero-order valence-corrected chi connectivity index (χ0v) is 10.4. The van der Waals surface area contributed by atoms with Crippen molar-refractivity contribution in [2.24, 2.45) is 5.92 Å². The Kier molecular flexibility index (Phi) is 5.57. The predicted molar refractivity (Wildman–Crippen MR) is 56.2 cm³/mol. The van der Waals surface area contributed by atoms with Crippen molar-refractivity contribution in [2.45, 2.75) is 13.0 Å². The van der Waals surface area contributed by atoms with Gasteiger partial charge < -0.3 is 19.5 Å². The van der Waals surface area contributed by atoms with Crippen LogP contribution >= 0.6 is 0 Å². The number of carboxylic acids is 1. The van der Waals surface area contributed by atoms with Gasteiger partial charge in [0.05, 0.1) is 0 Å². The van der Waals surface area contributed by atoms with Crippen LogP contribution in [0.15, 0.2) is 18.3 Å². The van der Waals surface area contributed by atoms with E-state index >= 15 is 0 Å². The third-order valence-electron chi connectivity index (χ3n) is 2.71. The molecule has 1 aromatic rings. The standard InChI is InChI=1S/C11H12F2N2O3.Li/c12-11(13)18-9-4-8(1-2-14-9)15-5-7(6-15)3-10(16)17;/h1-2,4,7,11H,3,5-6H2,(H,16,17);/q;+1/p-1. The summed E-state index contributed by atoms with van der Waals surface area (Å²) >= 11 is 0. The van der Waals surface area contributed by atoms with Gasteiger partial charge in [-0.25, -0.2) is 4.98 Å². The molecule has 1 aliphatic heterocycles. The zero-order valence-electron chi connectivity index (χ0n) is 10.4. The van der Waals surface area contributed by atoms with Gasteiger partial charge in [-0.2, -0.15) is 8.78 Å². The third-order valence-corrected chi connectivity index (χ3v) is 2.71. The quantitative estimate of drug-likeness (QED) is 0.540. The van der Waals surface area contributed by atoms with Crippen LogP contribution in [0, 0.1) is 5.92 Å². The number of aliphatic carboxylic acids is 1. The van der Waals surface area contributed by atoms with Crippen molar-refractivity contribution >= 4 is 11.7 Å². The summed E-state index contributed by atoms with van der Waals surface area (Å²) in [6.07, 6.45) is 1.39. The molecule has 0 atom stereocenters. The molecular formula is C11H11F2LiN2O3. The van der Waals surface area contributed by atoms with E-state index in [1.807, 2.05) is 4.90 Å². The van der Waals surface area contributed by atoms with Crippen LogP contribution in [0.25, 0.3) is 0 Å². The summed E-state index contributed by atoms with van der Waals surface area (Å²) in [5.41, 5.74) is 0.690. The Morgan fingerprint density at radius 1 is 1.58 bits per heavy atom. The summed E-state index contributed by atoms with van der Waals surface area (Å²) in [7, 11) is 0. The summed E-state index contributed by atoms with van der Waals surface area (Å²) in [6.45, 7) is -1.78. The first kappa shape index (κ1) is 15.7. The van der Waals surface area contributed by atoms with Gasteiger partial charge in [0.2, 0.25) is 5.88 Å². The summed E-state index contributed by atoms with van der Waals surface area (Å²) in [5, 5.41) is 10.4. The molecule has 19 heavy (non-hydrogen) atoms. The van der Waals surface area contributed by atoms with Crippen LogP contribution in [0.5, 0.6) is 5.88 Å². The Bertz CT molecular complexity index is 442. The second-order valence-corrected chi connectivity index (χ2v) is 4.08. The molecule has 8 heteroatoms. The average molecular weight is 264 g/mol. The van der Waals surface area contributed by atoms with E-state index in [9.17, 15) is 18.7 Å². The SMILES string of the molecule is O=C([O-])CC1CN(c2ccnc(OC(F)F)c2)C1.[Li+]. The van der Waals surface area contributed by atoms with Crippen molar-refractivity contribution in [3.05, 3.63) is 18.3 Å². The Hall–Kier alpha value is -1.32. The van der Waals surface area contributed by atoms with Crippen LogP contribution in [0.2, 0.25) is 0 Å². The smallest absolute Gasteiger partial charge is 0.550 e. The maximum Gasteiger partial charge on any atom is 1.00 e. The fraction of sp³-hybridized carbons (Fsp3) is 0.455. The number of anilines is 1. The number of carbonyl (C=O) groups is 1. The van der Waals surface area contributed by atoms with Gasteiger partial charge in [0.25, 0.3) is 0 Å². The van der Waals surface area contributed by atoms with Crippen molar-refractivity contribution in [2.75, 3.05) is 18.0 Å². The van der Waals surface area contributed by atoms with Crippen molar-refractivity contribution in [1.82, 2.24) is 4.98 Å². The third kappa shape index (κ3) is 4.37. The van der Waals surface area contributed by atoms with Gasteiger partial charge in [0, 0.05) is 37.0 Å². The van der Waals surface area contributed by atoms with E-state index in [0.717, 1.165) is 0 Å². The minimum Gasteiger partial charge on any atom is -0.550 e. The van der Waals surface area contributed by atoms with Crippen molar-refractivity contribution < 1.29 is 42.3 Å². The summed E-state index contributed by atoms with van der Waals surface area (Å²) in [4.78, 5) is 15.9. The van der Waals surface area contributed by atoms with Crippen LogP contribution in [0.3, 0.4) is 0 Å². The molecule has 2 rings (SSSR count). The van der Waals surface area contributed by atoms with Gasteiger partial charge in [0.1, 0.15) is 0 Å². The minimum absolute atomic E-state index is 0. The predicted octanol–water partition coefficient (Wildman–Crippen LogP) is -2.74. The minimum atomic E-state index is -2.91. The van der Waals surface area contributed by atoms with Gasteiger partial charge in [-0.15, -0.1) is 0 Å². The van der Waals surface area contributed by atoms with Crippen LogP contribution in [-0.2, 0) is 4.79 Å². The Labute approximate surface area is 120 Å². The topological polar surface area (TPSA) is 65.5 Å². The number of halogens is 2. The van der Waals surface area contributed by atoms with Crippen molar-refractivity contribution in [3.8, 4) is 5.88 Å². The second kappa shape index (κ2) is 6.73. The van der Waals surface area contributed by atoms with Crippen molar-refractivity contribution in [1.29, 1.82) is 0 Å². The molecule has 1 aliphatic rings. The molecule has 5 nitrogen and oxygen atoms in total. The number of aromatic nitrogens is 1. The molecule has 0 aromatic carbocycles. The Morgan fingerprint density at radius 2 is 2.26 bits per heavy atom. The van der Waals surface area contributed by atoms with E-state index in [4.69, 9.17) is 0 Å². The normalized spacial score (nSPS) is 14.8. The maximum absolute atomic E-state index is 12.0. The molecule has 1 fully saturated rings. The zero-order chi connectivity index (χ0) is 13.1. The number of nitrogens with zero attached hydrogens (tertiary/aromatic N) is 2. The molecule has 1 aromatic heterocycles. The van der Waals surface area contributed by atoms with Gasteiger partial charge in [-0.05, 0) is 18.4 Å². The first-order valence-corrected chi connectivity index (χ1v) is 5.40. The number of rotatable bonds is 5. The number of hydrogen-bond acceptors (Lipinski definition) is 5. The maximum atomic E-state index is 12.0. The van der Waals surface area contributed by atoms with Gasteiger partial charge in [-0.1, -0.05) is 0 Å². The number of alkyl halides is 2. The molecule has 0 radical (unpaired) electrons. The van der Waals surface area contributed by atoms with Gasteiger partial charge in [0.15, 0.2) is 0 Å². The number of hydrogen-bond donors (Lipinski definition) is 0. The molecule has 0 amide bonds. The largest absolute Gasteiger partial charge is 1.00 e. The molecule has 0 unspecified atom stereocenters. The average Bonchev–Trinajstić information content (AvgIpc) is 2.22. The van der Waals surface area contributed by atoms with E-state index in [2.05, 4.69) is 9.72 Å². The molecule has 1 saturated heterocycles. The summed E-state index contributed by atoms with van der Waals surface area (Å²) in [5.74, 6) is -1.18. The van der Waals surface area contributed by atoms with E-state index in [-0.39, 0.29) is 37.1 Å². The Balaban J connectivity index is 0.00000180. The molecule has 2 heterocycles. The van der Waals surface area contributed by atoms with Gasteiger partial charge >= 0.3 is 25.5 Å². The van der Waals surface area contributed by atoms with E-state index in [0.29, 0.717) is 18.8 Å². The van der Waals surface area contributed by atoms with Crippen LogP contribution in [0.1, 0.15) is 6.42 Å². The number of carboxylic acid groups (broad SMARTS) is 1. The summed E-state index contributed by atoms with van der Waals surface area (Å²) in [6, 6.07) is 3.06. The molecule has 0 spiro atoms. The molecule has 0 aliphatic carbocycles. The van der Waals surface area contributed by atoms with Crippen LogP contribution < -0.4 is 33.6 Å². The van der Waals surface area contributed by atoms with Crippen LogP contribution in [-0.4, -0.2) is 30.7 Å². The second-order valence-electron chi connectivity index (χ2n) is 4.08. The van der Waals surface area contributed by atoms with Gasteiger partial charge in [-0.3, -0.25) is 0 Å². The van der Waals surface area contributed by atoms with Crippen molar-refractivity contribution in [3.63, 3.8) is 0 Å². The molecule has 0 bridgehead atoms. The first-order valence-electron chi connectivity index (χ1n) is 5.40. The molecular weight excluding hydrogens is 253 g/mol. The summed E-state index contributed by atoms with van der Waals surface area (Å²) < 4.78 is 28.2. The van der Waals surface area contributed by atoms with E-state index < -0.39 is 12.6 Å². The number of ether oxygens (including phenoxy) is 1. The molecule has 0 saturated carbocycles. The van der Waals surface area contributed by atoms with Crippen LogP contribution in [0.4, 0.5) is 14.5 Å². The van der Waals surface area contributed by atoms with E-state index in [1.54, 1.807) is 6.07 Å². The number of pyridine rings is 1. The fourth-order valence-corrected chi connectivity index (χ4v) is 1.90. The van der Waals surface area contributed by atoms with E-state index in [1.165, 1.54) is 12.3 Å². The monoisotopic (exact) mass is 264 g/mol. The molecule has 98 valence electrons. The molecule has 0 N–H and O–H groups in total. The Morgan fingerprint density at radius 3 is 2.84 bits per heavy atom. The fourth-order valence-electron chi connectivity index (χ4n) is 1.90.